The van der Waals surface area contributed by atoms with Crippen molar-refractivity contribution in [3.8, 4) is 0 Å². The van der Waals surface area contributed by atoms with Gasteiger partial charge in [0.15, 0.2) is 15.6 Å². The molecule has 2 unspecified atom stereocenters. The summed E-state index contributed by atoms with van der Waals surface area (Å²) in [5, 5.41) is 2.93. The van der Waals surface area contributed by atoms with Gasteiger partial charge in [0.25, 0.3) is 5.91 Å². The van der Waals surface area contributed by atoms with E-state index < -0.39 is 45.2 Å². The van der Waals surface area contributed by atoms with Crippen LogP contribution in [0.25, 0.3) is 0 Å². The maximum atomic E-state index is 13.4. The van der Waals surface area contributed by atoms with Gasteiger partial charge in [-0.2, -0.15) is 13.2 Å². The number of benzene rings is 2. The van der Waals surface area contributed by atoms with Crippen LogP contribution in [0.3, 0.4) is 0 Å². The van der Waals surface area contributed by atoms with Gasteiger partial charge < -0.3 is 5.32 Å². The molecule has 37 heavy (non-hydrogen) atoms. The Morgan fingerprint density at radius 1 is 1.08 bits per heavy atom. The molecule has 0 aromatic heterocycles. The van der Waals surface area contributed by atoms with Gasteiger partial charge in [-0.3, -0.25) is 14.6 Å². The second kappa shape index (κ2) is 10.2. The van der Waals surface area contributed by atoms with Crippen molar-refractivity contribution >= 4 is 27.2 Å². The molecule has 2 atom stereocenters. The molecule has 196 valence electrons. The van der Waals surface area contributed by atoms with E-state index in [1.807, 2.05) is 0 Å². The Balaban J connectivity index is 1.61. The van der Waals surface area contributed by atoms with Crippen LogP contribution < -0.4 is 5.32 Å². The number of alkyl halides is 3. The lowest BCUT2D eigenvalue weighted by Crippen LogP contribution is -2.38. The number of hydrogen-bond donors (Lipinski definition) is 1. The molecule has 1 amide bonds. The van der Waals surface area contributed by atoms with Gasteiger partial charge >= 0.3 is 6.18 Å². The van der Waals surface area contributed by atoms with Crippen molar-refractivity contribution in [1.29, 1.82) is 0 Å². The zero-order chi connectivity index (χ0) is 27.0. The minimum Gasteiger partial charge on any atom is -0.345 e. The van der Waals surface area contributed by atoms with Crippen molar-refractivity contribution in [1.82, 2.24) is 5.32 Å². The van der Waals surface area contributed by atoms with E-state index in [9.17, 15) is 31.2 Å². The summed E-state index contributed by atoms with van der Waals surface area (Å²) in [6, 6.07) is 10.3. The summed E-state index contributed by atoms with van der Waals surface area (Å²) < 4.78 is 63.5. The predicted octanol–water partition coefficient (Wildman–Crippen LogP) is 5.17. The van der Waals surface area contributed by atoms with Gasteiger partial charge in [0.1, 0.15) is 5.57 Å². The number of aliphatic imine (C=N–C) groups is 1. The highest BCUT2D eigenvalue weighted by atomic mass is 32.2. The number of Topliss-reactive ketones (excluding diaryl/α,β-unsaturated/α-hetero) is 1. The van der Waals surface area contributed by atoms with E-state index in [1.54, 1.807) is 19.1 Å². The molecule has 10 heteroatoms. The van der Waals surface area contributed by atoms with Crippen LogP contribution in [0.15, 0.2) is 70.2 Å². The Labute approximate surface area is 213 Å². The highest BCUT2D eigenvalue weighted by Gasteiger charge is 2.37. The minimum absolute atomic E-state index is 0.0943. The van der Waals surface area contributed by atoms with Gasteiger partial charge in [0.05, 0.1) is 22.4 Å². The summed E-state index contributed by atoms with van der Waals surface area (Å²) in [7, 11) is -3.39. The molecule has 4 rings (SSSR count). The van der Waals surface area contributed by atoms with Crippen molar-refractivity contribution < 1.29 is 31.2 Å². The Hall–Kier alpha value is -3.27. The summed E-state index contributed by atoms with van der Waals surface area (Å²) in [6.07, 6.45) is 1.39. The van der Waals surface area contributed by atoms with Gasteiger partial charge in [-0.25, -0.2) is 8.42 Å². The second-order valence-corrected chi connectivity index (χ2v) is 11.6. The minimum atomic E-state index is -4.57. The van der Waals surface area contributed by atoms with E-state index in [2.05, 4.69) is 10.3 Å². The smallest absolute Gasteiger partial charge is 0.345 e. The Bertz CT molecular complexity index is 1370. The number of nitrogens with one attached hydrogen (secondary N) is 1. The van der Waals surface area contributed by atoms with Crippen molar-refractivity contribution in [2.75, 3.05) is 6.26 Å². The van der Waals surface area contributed by atoms with Crippen molar-refractivity contribution in [3.63, 3.8) is 0 Å². The van der Waals surface area contributed by atoms with E-state index in [0.29, 0.717) is 11.3 Å². The molecule has 2 aliphatic rings. The zero-order valence-corrected chi connectivity index (χ0v) is 21.2. The number of halogens is 3. The molecule has 0 spiro atoms. The molecule has 0 radical (unpaired) electrons. The first-order valence-corrected chi connectivity index (χ1v) is 13.8. The fourth-order valence-electron chi connectivity index (χ4n) is 5.01. The average molecular weight is 533 g/mol. The molecule has 1 saturated carbocycles. The molecule has 1 heterocycles. The third-order valence-corrected chi connectivity index (χ3v) is 8.09. The predicted molar refractivity (Wildman–Crippen MR) is 133 cm³/mol. The fourth-order valence-corrected chi connectivity index (χ4v) is 5.64. The van der Waals surface area contributed by atoms with Crippen LogP contribution in [0.1, 0.15) is 61.3 Å². The molecule has 1 fully saturated rings. The average Bonchev–Trinajstić information content (AvgIpc) is 3.36. The normalized spacial score (nSPS) is 19.8. The van der Waals surface area contributed by atoms with Gasteiger partial charge in [-0.1, -0.05) is 43.2 Å². The van der Waals surface area contributed by atoms with Crippen molar-refractivity contribution in [2.45, 2.75) is 55.6 Å². The van der Waals surface area contributed by atoms with Crippen LogP contribution in [0.2, 0.25) is 0 Å². The number of carbonyl (C=O) groups is 2. The first kappa shape index (κ1) is 26.8. The fraction of sp³-hybridized carbons (Fsp3) is 0.370. The van der Waals surface area contributed by atoms with E-state index in [1.165, 1.54) is 24.3 Å². The Morgan fingerprint density at radius 2 is 1.73 bits per heavy atom. The summed E-state index contributed by atoms with van der Waals surface area (Å²) in [4.78, 5) is 31.0. The molecular formula is C27H27F3N2O4S. The van der Waals surface area contributed by atoms with Gasteiger partial charge in [0.2, 0.25) is 0 Å². The number of nitrogens with zero attached hydrogens (tertiary/aromatic N) is 1. The van der Waals surface area contributed by atoms with E-state index in [-0.39, 0.29) is 21.9 Å². The lowest BCUT2D eigenvalue weighted by molar-refractivity contribution is -0.137. The summed E-state index contributed by atoms with van der Waals surface area (Å²) in [6.45, 7) is 1.54. The summed E-state index contributed by atoms with van der Waals surface area (Å²) >= 11 is 0. The molecule has 2 aromatic rings. The molecule has 6 nitrogen and oxygen atoms in total. The van der Waals surface area contributed by atoms with Gasteiger partial charge in [0, 0.05) is 18.2 Å². The molecule has 0 bridgehead atoms. The highest BCUT2D eigenvalue weighted by molar-refractivity contribution is 7.90. The van der Waals surface area contributed by atoms with Gasteiger partial charge in [-0.05, 0) is 55.0 Å². The SMILES string of the molecule is CC1=NC=C(C(=O)NC(c2ccc(S(C)(=O)=O)cc2)C2CCCC2)C(=O)C1c1cccc(C(F)(F)F)c1. The number of amides is 1. The third-order valence-electron chi connectivity index (χ3n) is 6.96. The lowest BCUT2D eigenvalue weighted by atomic mass is 9.84. The first-order valence-electron chi connectivity index (χ1n) is 11.9. The maximum Gasteiger partial charge on any atom is 0.416 e. The first-order chi connectivity index (χ1) is 17.4. The monoisotopic (exact) mass is 532 g/mol. The molecule has 1 N–H and O–H groups in total. The molecule has 0 saturated heterocycles. The molecular weight excluding hydrogens is 505 g/mol. The van der Waals surface area contributed by atoms with E-state index >= 15 is 0 Å². The molecule has 1 aliphatic carbocycles. The van der Waals surface area contributed by atoms with Gasteiger partial charge in [-0.15, -0.1) is 0 Å². The topological polar surface area (TPSA) is 92.7 Å². The quantitative estimate of drug-likeness (QED) is 0.520. The highest BCUT2D eigenvalue weighted by Crippen LogP contribution is 2.37. The van der Waals surface area contributed by atoms with Crippen LogP contribution in [-0.2, 0) is 25.6 Å². The number of carbonyl (C=O) groups excluding carboxylic acids is 2. The number of ketones is 1. The van der Waals surface area contributed by atoms with Crippen LogP contribution in [0.4, 0.5) is 13.2 Å². The lowest BCUT2D eigenvalue weighted by Gasteiger charge is -2.27. The van der Waals surface area contributed by atoms with Crippen molar-refractivity contribution in [2.24, 2.45) is 10.9 Å². The maximum absolute atomic E-state index is 13.4. The zero-order valence-electron chi connectivity index (χ0n) is 20.4. The third kappa shape index (κ3) is 5.84. The summed E-state index contributed by atoms with van der Waals surface area (Å²) in [5.74, 6) is -2.30. The van der Waals surface area contributed by atoms with Crippen LogP contribution in [0.5, 0.6) is 0 Å². The largest absolute Gasteiger partial charge is 0.416 e. The number of sulfone groups is 1. The van der Waals surface area contributed by atoms with Crippen LogP contribution in [-0.4, -0.2) is 32.1 Å². The molecule has 1 aliphatic heterocycles. The van der Waals surface area contributed by atoms with Crippen molar-refractivity contribution in [3.05, 3.63) is 77.0 Å². The van der Waals surface area contributed by atoms with Crippen LogP contribution in [0, 0.1) is 5.92 Å². The van der Waals surface area contributed by atoms with E-state index in [4.69, 9.17) is 0 Å². The Kier molecular flexibility index (Phi) is 7.41. The van der Waals surface area contributed by atoms with E-state index in [0.717, 1.165) is 50.3 Å². The molecule has 2 aromatic carbocycles. The number of rotatable bonds is 6. The standard InChI is InChI=1S/C27H27F3N2O4S/c1-16-23(19-8-5-9-20(14-19)27(28,29)30)25(33)22(15-31-16)26(34)32-24(17-6-3-4-7-17)18-10-12-21(13-11-18)37(2,35)36/h5,8-15,17,23-24H,3-4,6-7H2,1-2H3,(H,32,34). The Morgan fingerprint density at radius 3 is 2.32 bits per heavy atom. The van der Waals surface area contributed by atoms with Crippen LogP contribution >= 0.6 is 0 Å². The number of hydrogen-bond acceptors (Lipinski definition) is 5. The second-order valence-electron chi connectivity index (χ2n) is 9.57. The summed E-state index contributed by atoms with van der Waals surface area (Å²) in [5.41, 5.74) is 0.00661.